The lowest BCUT2D eigenvalue weighted by molar-refractivity contribution is -0.131. The van der Waals surface area contributed by atoms with Gasteiger partial charge in [0.1, 0.15) is 0 Å². The summed E-state index contributed by atoms with van der Waals surface area (Å²) < 4.78 is 29.1. The highest BCUT2D eigenvalue weighted by atomic mass is 32.2. The Morgan fingerprint density at radius 3 is 2.39 bits per heavy atom. The Balaban J connectivity index is 1.61. The van der Waals surface area contributed by atoms with Crippen LogP contribution in [-0.2, 0) is 21.1 Å². The minimum absolute atomic E-state index is 0.0365. The highest BCUT2D eigenvalue weighted by molar-refractivity contribution is 7.90. The van der Waals surface area contributed by atoms with Crippen LogP contribution in [0.1, 0.15) is 42.0 Å². The number of sulfone groups is 1. The van der Waals surface area contributed by atoms with Gasteiger partial charge in [0.05, 0.1) is 17.1 Å². The van der Waals surface area contributed by atoms with Crippen LogP contribution >= 0.6 is 0 Å². The number of oxazole rings is 1. The Kier molecular flexibility index (Phi) is 6.65. The van der Waals surface area contributed by atoms with Crippen LogP contribution in [0.4, 0.5) is 0 Å². The number of rotatable bonds is 7. The maximum atomic E-state index is 12.7. The van der Waals surface area contributed by atoms with E-state index in [1.54, 1.807) is 42.4 Å². The molecule has 6 nitrogen and oxygen atoms in total. The van der Waals surface area contributed by atoms with Crippen molar-refractivity contribution in [2.24, 2.45) is 0 Å². The quantitative estimate of drug-likeness (QED) is 0.540. The molecule has 1 amide bonds. The third-order valence-electron chi connectivity index (χ3n) is 5.66. The fraction of sp³-hybridized carbons (Fsp3) is 0.333. The standard InChI is InChI=1S/C24H28N2O4S/c1-16-6-7-20(14-17(16)2)22-15-25-23(30-22)12-13-24(27)26(4)18(3)19-8-10-21(11-9-19)31(5,28)29/h6-11,14-15,18H,12-13H2,1-5H3/t18-/m0/s1. The Morgan fingerprint density at radius 1 is 1.10 bits per heavy atom. The number of carbonyl (C=O) groups is 1. The smallest absolute Gasteiger partial charge is 0.223 e. The molecule has 164 valence electrons. The largest absolute Gasteiger partial charge is 0.441 e. The van der Waals surface area contributed by atoms with Crippen LogP contribution in [0, 0.1) is 13.8 Å². The minimum atomic E-state index is -3.24. The molecule has 0 saturated carbocycles. The van der Waals surface area contributed by atoms with Crippen LogP contribution < -0.4 is 0 Å². The summed E-state index contributed by atoms with van der Waals surface area (Å²) >= 11 is 0. The van der Waals surface area contributed by atoms with Gasteiger partial charge >= 0.3 is 0 Å². The predicted molar refractivity (Wildman–Crippen MR) is 120 cm³/mol. The predicted octanol–water partition coefficient (Wildman–Crippen LogP) is 4.51. The van der Waals surface area contributed by atoms with E-state index >= 15 is 0 Å². The van der Waals surface area contributed by atoms with Crippen LogP contribution in [0.5, 0.6) is 0 Å². The number of aryl methyl sites for hydroxylation is 3. The first-order valence-corrected chi connectivity index (χ1v) is 12.0. The maximum absolute atomic E-state index is 12.7. The topological polar surface area (TPSA) is 80.5 Å². The molecule has 3 rings (SSSR count). The normalized spacial score (nSPS) is 12.5. The van der Waals surface area contributed by atoms with Gasteiger partial charge in [-0.25, -0.2) is 13.4 Å². The summed E-state index contributed by atoms with van der Waals surface area (Å²) in [4.78, 5) is 18.9. The Hall–Kier alpha value is -2.93. The van der Waals surface area contributed by atoms with Crippen molar-refractivity contribution in [1.29, 1.82) is 0 Å². The number of hydrogen-bond acceptors (Lipinski definition) is 5. The van der Waals surface area contributed by atoms with Crippen molar-refractivity contribution >= 4 is 15.7 Å². The summed E-state index contributed by atoms with van der Waals surface area (Å²) in [6.45, 7) is 6.03. The van der Waals surface area contributed by atoms with E-state index in [1.807, 2.05) is 13.0 Å². The lowest BCUT2D eigenvalue weighted by Gasteiger charge is -2.25. The zero-order valence-electron chi connectivity index (χ0n) is 18.5. The van der Waals surface area contributed by atoms with Crippen LogP contribution in [-0.4, -0.2) is 37.5 Å². The number of hydrogen-bond donors (Lipinski definition) is 0. The number of nitrogens with zero attached hydrogens (tertiary/aromatic N) is 2. The summed E-state index contributed by atoms with van der Waals surface area (Å²) in [5.74, 6) is 1.18. The molecular weight excluding hydrogens is 412 g/mol. The van der Waals surface area contributed by atoms with Crippen molar-refractivity contribution < 1.29 is 17.6 Å². The van der Waals surface area contributed by atoms with Gasteiger partial charge in [-0.2, -0.15) is 0 Å². The van der Waals surface area contributed by atoms with E-state index in [4.69, 9.17) is 4.42 Å². The molecule has 7 heteroatoms. The Morgan fingerprint density at radius 2 is 1.77 bits per heavy atom. The third kappa shape index (κ3) is 5.41. The van der Waals surface area contributed by atoms with Crippen molar-refractivity contribution in [3.05, 3.63) is 71.2 Å². The number of aromatic nitrogens is 1. The summed E-state index contributed by atoms with van der Waals surface area (Å²) in [6, 6.07) is 12.6. The minimum Gasteiger partial charge on any atom is -0.441 e. The molecule has 0 saturated heterocycles. The highest BCUT2D eigenvalue weighted by Crippen LogP contribution is 2.24. The van der Waals surface area contributed by atoms with Crippen LogP contribution in [0.15, 0.2) is 58.0 Å². The highest BCUT2D eigenvalue weighted by Gasteiger charge is 2.19. The van der Waals surface area contributed by atoms with E-state index in [9.17, 15) is 13.2 Å². The van der Waals surface area contributed by atoms with Crippen molar-refractivity contribution in [1.82, 2.24) is 9.88 Å². The molecule has 0 aliphatic heterocycles. The second-order valence-electron chi connectivity index (χ2n) is 7.94. The zero-order chi connectivity index (χ0) is 22.8. The van der Waals surface area contributed by atoms with E-state index in [1.165, 1.54) is 17.4 Å². The molecule has 0 fully saturated rings. The van der Waals surface area contributed by atoms with Gasteiger partial charge in [-0.1, -0.05) is 24.3 Å². The van der Waals surface area contributed by atoms with Crippen molar-refractivity contribution in [2.45, 2.75) is 44.6 Å². The molecule has 0 spiro atoms. The van der Waals surface area contributed by atoms with Gasteiger partial charge in [-0.05, 0) is 55.7 Å². The van der Waals surface area contributed by atoms with Crippen molar-refractivity contribution in [3.63, 3.8) is 0 Å². The molecule has 0 radical (unpaired) electrons. The Labute approximate surface area is 183 Å². The van der Waals surface area contributed by atoms with Crippen molar-refractivity contribution in [3.8, 4) is 11.3 Å². The first-order valence-electron chi connectivity index (χ1n) is 10.1. The summed E-state index contributed by atoms with van der Waals surface area (Å²) in [7, 11) is -1.50. The average molecular weight is 441 g/mol. The van der Waals surface area contributed by atoms with Gasteiger partial charge in [0, 0.05) is 31.7 Å². The van der Waals surface area contributed by atoms with Gasteiger partial charge < -0.3 is 9.32 Å². The van der Waals surface area contributed by atoms with E-state index in [2.05, 4.69) is 31.0 Å². The van der Waals surface area contributed by atoms with Gasteiger partial charge in [0.25, 0.3) is 0 Å². The first-order chi connectivity index (χ1) is 14.6. The third-order valence-corrected chi connectivity index (χ3v) is 6.79. The van der Waals surface area contributed by atoms with E-state index in [0.29, 0.717) is 18.1 Å². The summed E-state index contributed by atoms with van der Waals surface area (Å²) in [6.07, 6.45) is 3.55. The van der Waals surface area contributed by atoms with Gasteiger partial charge in [-0.3, -0.25) is 4.79 Å². The van der Waals surface area contributed by atoms with Gasteiger partial charge in [0.2, 0.25) is 5.91 Å². The van der Waals surface area contributed by atoms with Crippen molar-refractivity contribution in [2.75, 3.05) is 13.3 Å². The number of benzene rings is 2. The monoisotopic (exact) mass is 440 g/mol. The lowest BCUT2D eigenvalue weighted by Crippen LogP contribution is -2.29. The first kappa shape index (κ1) is 22.7. The second-order valence-corrected chi connectivity index (χ2v) is 9.95. The fourth-order valence-electron chi connectivity index (χ4n) is 3.28. The number of carbonyl (C=O) groups excluding carboxylic acids is 1. The molecule has 1 heterocycles. The molecule has 0 N–H and O–H groups in total. The summed E-state index contributed by atoms with van der Waals surface area (Å²) in [5.41, 5.74) is 4.25. The number of amides is 1. The molecule has 0 aliphatic rings. The van der Waals surface area contributed by atoms with E-state index < -0.39 is 9.84 Å². The molecule has 1 atom stereocenters. The second kappa shape index (κ2) is 9.06. The molecule has 31 heavy (non-hydrogen) atoms. The van der Waals surface area contributed by atoms with E-state index in [0.717, 1.165) is 11.1 Å². The SMILES string of the molecule is Cc1ccc(-c2cnc(CCC(=O)N(C)[C@@H](C)c3ccc(S(C)(=O)=O)cc3)o2)cc1C. The molecule has 1 aromatic heterocycles. The van der Waals surface area contributed by atoms with Crippen LogP contribution in [0.3, 0.4) is 0 Å². The van der Waals surface area contributed by atoms with E-state index in [-0.39, 0.29) is 23.3 Å². The lowest BCUT2D eigenvalue weighted by atomic mass is 10.1. The molecule has 0 unspecified atom stereocenters. The molecule has 3 aromatic rings. The van der Waals surface area contributed by atoms with Crippen LogP contribution in [0.25, 0.3) is 11.3 Å². The fourth-order valence-corrected chi connectivity index (χ4v) is 3.91. The molecular formula is C24H28N2O4S. The van der Waals surface area contributed by atoms with Crippen LogP contribution in [0.2, 0.25) is 0 Å². The Bertz CT molecular complexity index is 1180. The summed E-state index contributed by atoms with van der Waals surface area (Å²) in [5, 5.41) is 0. The zero-order valence-corrected chi connectivity index (χ0v) is 19.4. The van der Waals surface area contributed by atoms with Gasteiger partial charge in [0.15, 0.2) is 21.5 Å². The van der Waals surface area contributed by atoms with Gasteiger partial charge in [-0.15, -0.1) is 0 Å². The maximum Gasteiger partial charge on any atom is 0.223 e. The average Bonchev–Trinajstić information content (AvgIpc) is 3.21. The molecule has 0 bridgehead atoms. The molecule has 2 aromatic carbocycles. The molecule has 0 aliphatic carbocycles.